The van der Waals surface area contributed by atoms with Gasteiger partial charge in [0.05, 0.1) is 0 Å². The van der Waals surface area contributed by atoms with E-state index >= 15 is 0 Å². The fourth-order valence-corrected chi connectivity index (χ4v) is 2.19. The molecule has 0 spiro atoms. The van der Waals surface area contributed by atoms with Gasteiger partial charge in [-0.3, -0.25) is 0 Å². The van der Waals surface area contributed by atoms with E-state index in [0.29, 0.717) is 0 Å². The molecule has 1 saturated carbocycles. The molecule has 2 unspecified atom stereocenters. The molecule has 1 heteroatoms. The third kappa shape index (κ3) is 4.99. The van der Waals surface area contributed by atoms with Crippen molar-refractivity contribution >= 4 is 0 Å². The minimum atomic E-state index is 0.880. The van der Waals surface area contributed by atoms with Crippen LogP contribution in [0.4, 0.5) is 0 Å². The summed E-state index contributed by atoms with van der Waals surface area (Å²) in [7, 11) is 0. The molecule has 0 aromatic carbocycles. The zero-order valence-corrected chi connectivity index (χ0v) is 10.2. The second kappa shape index (κ2) is 6.44. The predicted octanol–water partition coefficient (Wildman–Crippen LogP) is 3.59. The average Bonchev–Trinajstić information content (AvgIpc) is 2.96. The second-order valence-electron chi connectivity index (χ2n) is 5.09. The van der Waals surface area contributed by atoms with Crippen LogP contribution in [0.3, 0.4) is 0 Å². The van der Waals surface area contributed by atoms with Crippen LogP contribution in [0.1, 0.15) is 59.3 Å². The molecule has 0 heterocycles. The molecule has 2 atom stereocenters. The van der Waals surface area contributed by atoms with E-state index in [4.69, 9.17) is 0 Å². The van der Waals surface area contributed by atoms with Gasteiger partial charge in [0.1, 0.15) is 0 Å². The Morgan fingerprint density at radius 1 is 1.29 bits per heavy atom. The topological polar surface area (TPSA) is 12.0 Å². The van der Waals surface area contributed by atoms with Crippen molar-refractivity contribution in [3.8, 4) is 0 Å². The summed E-state index contributed by atoms with van der Waals surface area (Å²) in [4.78, 5) is 0. The third-order valence-corrected chi connectivity index (χ3v) is 3.37. The van der Waals surface area contributed by atoms with Gasteiger partial charge in [0.2, 0.25) is 0 Å². The van der Waals surface area contributed by atoms with Crippen molar-refractivity contribution in [2.75, 3.05) is 6.54 Å². The van der Waals surface area contributed by atoms with Gasteiger partial charge in [-0.05, 0) is 37.6 Å². The molecule has 0 amide bonds. The molecule has 84 valence electrons. The molecule has 14 heavy (non-hydrogen) atoms. The molecule has 0 aliphatic heterocycles. The van der Waals surface area contributed by atoms with Crippen molar-refractivity contribution in [1.29, 1.82) is 0 Å². The summed E-state index contributed by atoms with van der Waals surface area (Å²) in [6, 6.07) is 0.880. The third-order valence-electron chi connectivity index (χ3n) is 3.37. The summed E-state index contributed by atoms with van der Waals surface area (Å²) < 4.78 is 0. The lowest BCUT2D eigenvalue weighted by Crippen LogP contribution is -2.25. The Morgan fingerprint density at radius 2 is 2.00 bits per heavy atom. The number of hydrogen-bond donors (Lipinski definition) is 1. The van der Waals surface area contributed by atoms with E-state index in [9.17, 15) is 0 Å². The molecule has 1 aliphatic rings. The van der Waals surface area contributed by atoms with Gasteiger partial charge in [0, 0.05) is 6.04 Å². The maximum Gasteiger partial charge on any atom is 0.00683 e. The first kappa shape index (κ1) is 12.0. The standard InChI is InChI=1S/C13H27N/c1-4-6-11(3)9-12(5-2)10-14-13-7-8-13/h11-14H,4-10H2,1-3H3. The lowest BCUT2D eigenvalue weighted by Gasteiger charge is -2.19. The van der Waals surface area contributed by atoms with Crippen LogP contribution in [0.5, 0.6) is 0 Å². The average molecular weight is 197 g/mol. The first-order valence-electron chi connectivity index (χ1n) is 6.49. The number of rotatable bonds is 8. The second-order valence-corrected chi connectivity index (χ2v) is 5.09. The van der Waals surface area contributed by atoms with Crippen molar-refractivity contribution in [2.45, 2.75) is 65.3 Å². The summed E-state index contributed by atoms with van der Waals surface area (Å²) in [5, 5.41) is 3.66. The summed E-state index contributed by atoms with van der Waals surface area (Å²) in [6.45, 7) is 8.29. The maximum absolute atomic E-state index is 3.66. The van der Waals surface area contributed by atoms with Crippen LogP contribution in [0.25, 0.3) is 0 Å². The Bertz CT molecular complexity index is 140. The van der Waals surface area contributed by atoms with E-state index in [1.807, 2.05) is 0 Å². The van der Waals surface area contributed by atoms with Gasteiger partial charge < -0.3 is 5.32 Å². The minimum Gasteiger partial charge on any atom is -0.314 e. The van der Waals surface area contributed by atoms with E-state index in [1.54, 1.807) is 0 Å². The Hall–Kier alpha value is -0.0400. The van der Waals surface area contributed by atoms with Crippen LogP contribution >= 0.6 is 0 Å². The molecule has 0 radical (unpaired) electrons. The molecule has 1 rings (SSSR count). The normalized spacial score (nSPS) is 20.8. The molecule has 0 bridgehead atoms. The SMILES string of the molecule is CCCC(C)CC(CC)CNC1CC1. The van der Waals surface area contributed by atoms with E-state index in [2.05, 4.69) is 26.1 Å². The highest BCUT2D eigenvalue weighted by atomic mass is 14.9. The highest BCUT2D eigenvalue weighted by Crippen LogP contribution is 2.22. The van der Waals surface area contributed by atoms with Crippen LogP contribution in [-0.2, 0) is 0 Å². The zero-order valence-electron chi connectivity index (χ0n) is 10.2. The predicted molar refractivity (Wildman–Crippen MR) is 63.5 cm³/mol. The van der Waals surface area contributed by atoms with Crippen molar-refractivity contribution in [3.63, 3.8) is 0 Å². The molecule has 1 fully saturated rings. The lowest BCUT2D eigenvalue weighted by atomic mass is 9.91. The minimum absolute atomic E-state index is 0.880. The van der Waals surface area contributed by atoms with Gasteiger partial charge in [0.15, 0.2) is 0 Å². The van der Waals surface area contributed by atoms with Gasteiger partial charge in [-0.1, -0.05) is 40.0 Å². The molecule has 1 N–H and O–H groups in total. The summed E-state index contributed by atoms with van der Waals surface area (Å²) in [5.74, 6) is 1.84. The first-order chi connectivity index (χ1) is 6.76. The molecule has 1 aliphatic carbocycles. The van der Waals surface area contributed by atoms with E-state index in [1.165, 1.54) is 45.1 Å². The van der Waals surface area contributed by atoms with Crippen molar-refractivity contribution in [1.82, 2.24) is 5.32 Å². The van der Waals surface area contributed by atoms with Gasteiger partial charge in [-0.15, -0.1) is 0 Å². The van der Waals surface area contributed by atoms with E-state index < -0.39 is 0 Å². The summed E-state index contributed by atoms with van der Waals surface area (Å²) >= 11 is 0. The molecule has 0 aromatic rings. The summed E-state index contributed by atoms with van der Waals surface area (Å²) in [6.07, 6.45) is 8.34. The fraction of sp³-hybridized carbons (Fsp3) is 1.00. The van der Waals surface area contributed by atoms with Crippen molar-refractivity contribution in [2.24, 2.45) is 11.8 Å². The van der Waals surface area contributed by atoms with Crippen LogP contribution in [0, 0.1) is 11.8 Å². The smallest absolute Gasteiger partial charge is 0.00683 e. The van der Waals surface area contributed by atoms with Crippen LogP contribution < -0.4 is 5.32 Å². The first-order valence-corrected chi connectivity index (χ1v) is 6.49. The molecule has 0 aromatic heterocycles. The van der Waals surface area contributed by atoms with Gasteiger partial charge >= 0.3 is 0 Å². The van der Waals surface area contributed by atoms with E-state index in [0.717, 1.165) is 17.9 Å². The van der Waals surface area contributed by atoms with E-state index in [-0.39, 0.29) is 0 Å². The molecular formula is C13H27N. The van der Waals surface area contributed by atoms with Crippen LogP contribution in [-0.4, -0.2) is 12.6 Å². The zero-order chi connectivity index (χ0) is 10.4. The van der Waals surface area contributed by atoms with Gasteiger partial charge in [-0.25, -0.2) is 0 Å². The quantitative estimate of drug-likeness (QED) is 0.627. The number of nitrogens with one attached hydrogen (secondary N) is 1. The monoisotopic (exact) mass is 197 g/mol. The Morgan fingerprint density at radius 3 is 2.50 bits per heavy atom. The van der Waals surface area contributed by atoms with Crippen molar-refractivity contribution in [3.05, 3.63) is 0 Å². The highest BCUT2D eigenvalue weighted by Gasteiger charge is 2.21. The Kier molecular flexibility index (Phi) is 5.54. The van der Waals surface area contributed by atoms with Gasteiger partial charge in [0.25, 0.3) is 0 Å². The summed E-state index contributed by atoms with van der Waals surface area (Å²) in [5.41, 5.74) is 0. The van der Waals surface area contributed by atoms with Gasteiger partial charge in [-0.2, -0.15) is 0 Å². The fourth-order valence-electron chi connectivity index (χ4n) is 2.19. The highest BCUT2D eigenvalue weighted by molar-refractivity contribution is 4.81. The molecular weight excluding hydrogens is 170 g/mol. The Labute approximate surface area is 89.7 Å². The molecule has 0 saturated heterocycles. The molecule has 1 nitrogen and oxygen atoms in total. The van der Waals surface area contributed by atoms with Crippen LogP contribution in [0.15, 0.2) is 0 Å². The van der Waals surface area contributed by atoms with Crippen LogP contribution in [0.2, 0.25) is 0 Å². The Balaban J connectivity index is 2.08. The lowest BCUT2D eigenvalue weighted by molar-refractivity contribution is 0.347. The largest absolute Gasteiger partial charge is 0.314 e. The number of hydrogen-bond acceptors (Lipinski definition) is 1. The maximum atomic E-state index is 3.66. The van der Waals surface area contributed by atoms with Crippen molar-refractivity contribution < 1.29 is 0 Å².